The highest BCUT2D eigenvalue weighted by Gasteiger charge is 2.36. The predicted octanol–water partition coefficient (Wildman–Crippen LogP) is 4.06. The van der Waals surface area contributed by atoms with Gasteiger partial charge >= 0.3 is 6.18 Å². The summed E-state index contributed by atoms with van der Waals surface area (Å²) in [6, 6.07) is 4.69. The van der Waals surface area contributed by atoms with E-state index >= 15 is 0 Å². The first-order valence-electron chi connectivity index (χ1n) is 11.1. The zero-order chi connectivity index (χ0) is 24.7. The summed E-state index contributed by atoms with van der Waals surface area (Å²) < 4.78 is 48.7. The van der Waals surface area contributed by atoms with E-state index < -0.39 is 34.9 Å². The molecule has 1 atom stereocenters. The minimum Gasteiger partial charge on any atom is -0.360 e. The largest absolute Gasteiger partial charge is 0.417 e. The SMILES string of the molecule is O=C(c1ccccc1C(F)(F)F)c1cnc2n1CCN(c1cnn(C3CCCCO3)c(=O)c1Cl)C2. The van der Waals surface area contributed by atoms with Crippen molar-refractivity contribution in [2.45, 2.75) is 44.8 Å². The van der Waals surface area contributed by atoms with Gasteiger partial charge in [-0.3, -0.25) is 9.59 Å². The molecule has 8 nitrogen and oxygen atoms in total. The van der Waals surface area contributed by atoms with Crippen LogP contribution in [0.2, 0.25) is 5.02 Å². The summed E-state index contributed by atoms with van der Waals surface area (Å²) in [4.78, 5) is 31.9. The summed E-state index contributed by atoms with van der Waals surface area (Å²) in [6.07, 6.45) is 0.235. The lowest BCUT2D eigenvalue weighted by Crippen LogP contribution is -2.37. The first-order chi connectivity index (χ1) is 16.8. The highest BCUT2D eigenvalue weighted by Crippen LogP contribution is 2.33. The van der Waals surface area contributed by atoms with Crippen molar-refractivity contribution in [3.63, 3.8) is 0 Å². The second-order valence-electron chi connectivity index (χ2n) is 8.42. The van der Waals surface area contributed by atoms with Crippen LogP contribution in [-0.4, -0.2) is 38.3 Å². The number of imidazole rings is 1. The molecule has 1 aromatic carbocycles. The van der Waals surface area contributed by atoms with Crippen LogP contribution in [-0.2, 0) is 24.0 Å². The quantitative estimate of drug-likeness (QED) is 0.495. The maximum absolute atomic E-state index is 13.4. The number of fused-ring (bicyclic) bond motifs is 1. The molecule has 4 heterocycles. The Labute approximate surface area is 202 Å². The van der Waals surface area contributed by atoms with E-state index in [0.29, 0.717) is 31.1 Å². The number of nitrogens with zero attached hydrogens (tertiary/aromatic N) is 5. The van der Waals surface area contributed by atoms with E-state index in [9.17, 15) is 22.8 Å². The monoisotopic (exact) mass is 507 g/mol. The number of aromatic nitrogens is 4. The summed E-state index contributed by atoms with van der Waals surface area (Å²) >= 11 is 6.42. The van der Waals surface area contributed by atoms with Gasteiger partial charge in [0.1, 0.15) is 16.5 Å². The molecule has 2 aliphatic rings. The van der Waals surface area contributed by atoms with Crippen molar-refractivity contribution in [1.29, 1.82) is 0 Å². The molecule has 1 fully saturated rings. The van der Waals surface area contributed by atoms with Gasteiger partial charge < -0.3 is 14.2 Å². The fraction of sp³-hybridized carbons (Fsp3) is 0.391. The van der Waals surface area contributed by atoms with Crippen LogP contribution in [0.4, 0.5) is 18.9 Å². The van der Waals surface area contributed by atoms with Gasteiger partial charge in [0.25, 0.3) is 5.56 Å². The maximum Gasteiger partial charge on any atom is 0.417 e. The molecule has 1 saturated heterocycles. The number of hydrogen-bond donors (Lipinski definition) is 0. The van der Waals surface area contributed by atoms with E-state index in [1.165, 1.54) is 29.2 Å². The molecule has 184 valence electrons. The van der Waals surface area contributed by atoms with Crippen LogP contribution in [0.3, 0.4) is 0 Å². The van der Waals surface area contributed by atoms with E-state index in [4.69, 9.17) is 16.3 Å². The summed E-state index contributed by atoms with van der Waals surface area (Å²) in [7, 11) is 0. The molecule has 3 aromatic rings. The van der Waals surface area contributed by atoms with Gasteiger partial charge in [0, 0.05) is 25.3 Å². The Hall–Kier alpha value is -3.18. The number of hydrogen-bond acceptors (Lipinski definition) is 6. The van der Waals surface area contributed by atoms with Gasteiger partial charge in [0.2, 0.25) is 5.78 Å². The minimum absolute atomic E-state index is 0.00424. The lowest BCUT2D eigenvalue weighted by molar-refractivity contribution is -0.137. The molecule has 0 spiro atoms. The lowest BCUT2D eigenvalue weighted by atomic mass is 10.0. The Kier molecular flexibility index (Phi) is 6.14. The van der Waals surface area contributed by atoms with Gasteiger partial charge in [-0.1, -0.05) is 29.8 Å². The number of carbonyl (C=O) groups excluding carboxylic acids is 1. The number of benzene rings is 1. The van der Waals surface area contributed by atoms with Gasteiger partial charge in [-0.15, -0.1) is 0 Å². The Bertz CT molecular complexity index is 1330. The third kappa shape index (κ3) is 4.34. The van der Waals surface area contributed by atoms with Crippen LogP contribution in [0.5, 0.6) is 0 Å². The summed E-state index contributed by atoms with van der Waals surface area (Å²) in [6.45, 7) is 1.39. The molecule has 0 bridgehead atoms. The van der Waals surface area contributed by atoms with E-state index in [1.807, 2.05) is 4.90 Å². The number of ketones is 1. The normalized spacial score (nSPS) is 18.4. The molecule has 0 N–H and O–H groups in total. The van der Waals surface area contributed by atoms with Crippen LogP contribution < -0.4 is 10.5 Å². The van der Waals surface area contributed by atoms with Crippen LogP contribution in [0.25, 0.3) is 0 Å². The Morgan fingerprint density at radius 2 is 1.94 bits per heavy atom. The van der Waals surface area contributed by atoms with Crippen molar-refractivity contribution in [2.75, 3.05) is 18.1 Å². The van der Waals surface area contributed by atoms with Crippen molar-refractivity contribution in [3.05, 3.63) is 74.7 Å². The van der Waals surface area contributed by atoms with Gasteiger partial charge in [-0.25, -0.2) is 4.98 Å². The highest BCUT2D eigenvalue weighted by atomic mass is 35.5. The van der Waals surface area contributed by atoms with Gasteiger partial charge in [0.15, 0.2) is 6.23 Å². The molecule has 5 rings (SSSR count). The average Bonchev–Trinajstić information content (AvgIpc) is 3.28. The van der Waals surface area contributed by atoms with Gasteiger partial charge in [0.05, 0.1) is 30.2 Å². The van der Waals surface area contributed by atoms with Crippen molar-refractivity contribution in [2.24, 2.45) is 0 Å². The van der Waals surface area contributed by atoms with Crippen LogP contribution >= 0.6 is 11.6 Å². The second kappa shape index (κ2) is 9.12. The number of anilines is 1. The van der Waals surface area contributed by atoms with E-state index in [0.717, 1.165) is 25.0 Å². The molecule has 2 aliphatic heterocycles. The fourth-order valence-corrected chi connectivity index (χ4v) is 4.75. The standard InChI is InChI=1S/C23H21ClF3N5O3/c24-20-16(12-29-32(22(20)34)19-7-3-4-10-35-19)30-8-9-31-17(11-28-18(31)13-30)21(33)14-5-1-2-6-15(14)23(25,26)27/h1-2,5-6,11-12,19H,3-4,7-10,13H2. The molecule has 1 unspecified atom stereocenters. The Morgan fingerprint density at radius 3 is 2.69 bits per heavy atom. The van der Waals surface area contributed by atoms with E-state index in [2.05, 4.69) is 10.1 Å². The van der Waals surface area contributed by atoms with Crippen LogP contribution in [0.15, 0.2) is 41.5 Å². The van der Waals surface area contributed by atoms with Crippen LogP contribution in [0, 0.1) is 0 Å². The van der Waals surface area contributed by atoms with Gasteiger partial charge in [-0.05, 0) is 25.3 Å². The number of rotatable bonds is 4. The van der Waals surface area contributed by atoms with Crippen molar-refractivity contribution >= 4 is 23.1 Å². The zero-order valence-electron chi connectivity index (χ0n) is 18.5. The smallest absolute Gasteiger partial charge is 0.360 e. The first kappa shape index (κ1) is 23.6. The number of carbonyl (C=O) groups is 1. The van der Waals surface area contributed by atoms with E-state index in [-0.39, 0.29) is 23.8 Å². The molecular formula is C23H21ClF3N5O3. The summed E-state index contributed by atoms with van der Waals surface area (Å²) in [5, 5.41) is 4.27. The average molecular weight is 508 g/mol. The van der Waals surface area contributed by atoms with Crippen molar-refractivity contribution in [1.82, 2.24) is 19.3 Å². The lowest BCUT2D eigenvalue weighted by Gasteiger charge is -2.31. The number of ether oxygens (including phenoxy) is 1. The maximum atomic E-state index is 13.4. The molecule has 0 saturated carbocycles. The highest BCUT2D eigenvalue weighted by molar-refractivity contribution is 6.33. The second-order valence-corrected chi connectivity index (χ2v) is 8.80. The third-order valence-electron chi connectivity index (χ3n) is 6.27. The van der Waals surface area contributed by atoms with Crippen LogP contribution in [0.1, 0.15) is 52.9 Å². The van der Waals surface area contributed by atoms with E-state index in [1.54, 1.807) is 4.57 Å². The molecule has 0 aliphatic carbocycles. The molecule has 2 aromatic heterocycles. The molecule has 12 heteroatoms. The zero-order valence-corrected chi connectivity index (χ0v) is 19.2. The topological polar surface area (TPSA) is 82.2 Å². The summed E-state index contributed by atoms with van der Waals surface area (Å²) in [5.74, 6) is -0.278. The minimum atomic E-state index is -4.65. The van der Waals surface area contributed by atoms with Crippen molar-refractivity contribution < 1.29 is 22.7 Å². The molecule has 0 amide bonds. The van der Waals surface area contributed by atoms with Gasteiger partial charge in [-0.2, -0.15) is 23.0 Å². The molecular weight excluding hydrogens is 487 g/mol. The summed E-state index contributed by atoms with van der Waals surface area (Å²) in [5.41, 5.74) is -1.37. The Morgan fingerprint density at radius 1 is 1.14 bits per heavy atom. The third-order valence-corrected chi connectivity index (χ3v) is 6.62. The predicted molar refractivity (Wildman–Crippen MR) is 121 cm³/mol. The van der Waals surface area contributed by atoms with Crippen molar-refractivity contribution in [3.8, 4) is 0 Å². The Balaban J connectivity index is 1.40. The molecule has 35 heavy (non-hydrogen) atoms. The number of alkyl halides is 3. The fourth-order valence-electron chi connectivity index (χ4n) is 4.49. The molecule has 0 radical (unpaired) electrons. The first-order valence-corrected chi connectivity index (χ1v) is 11.5. The number of halogens is 4.